The Morgan fingerprint density at radius 3 is 1.32 bits per heavy atom. The molecule has 282 valence electrons. The number of furan rings is 1. The SMILES string of the molecule is c1ccc(-c2ccc(-c3ccc(N(c4ccc(-c5ccccc5)cc4)c4cc(-c5ccccc5)cc(-c5ccccc5)c4)c4c3oc3c5ccccc5ccc34)cc2)cc1. The van der Waals surface area contributed by atoms with Gasteiger partial charge in [0.25, 0.3) is 0 Å². The zero-order valence-corrected chi connectivity index (χ0v) is 32.9. The van der Waals surface area contributed by atoms with Gasteiger partial charge in [-0.15, -0.1) is 0 Å². The molecule has 0 saturated heterocycles. The number of hydrogen-bond donors (Lipinski definition) is 0. The van der Waals surface area contributed by atoms with Crippen LogP contribution in [0.5, 0.6) is 0 Å². The van der Waals surface area contributed by atoms with E-state index in [0.717, 1.165) is 83.2 Å². The number of hydrogen-bond acceptors (Lipinski definition) is 2. The first-order valence-corrected chi connectivity index (χ1v) is 20.5. The molecule has 0 bridgehead atoms. The summed E-state index contributed by atoms with van der Waals surface area (Å²) >= 11 is 0. The summed E-state index contributed by atoms with van der Waals surface area (Å²) in [5.41, 5.74) is 16.4. The van der Waals surface area contributed by atoms with Crippen molar-refractivity contribution in [2.45, 2.75) is 0 Å². The Labute approximate surface area is 349 Å². The van der Waals surface area contributed by atoms with E-state index < -0.39 is 0 Å². The molecule has 0 amide bonds. The van der Waals surface area contributed by atoms with Crippen LogP contribution in [0.3, 0.4) is 0 Å². The molecule has 0 N–H and O–H groups in total. The van der Waals surface area contributed by atoms with E-state index in [1.54, 1.807) is 0 Å². The summed E-state index contributed by atoms with van der Waals surface area (Å²) in [5.74, 6) is 0. The largest absolute Gasteiger partial charge is 0.455 e. The molecule has 1 aromatic heterocycles. The van der Waals surface area contributed by atoms with Gasteiger partial charge >= 0.3 is 0 Å². The first-order valence-electron chi connectivity index (χ1n) is 20.5. The molecule has 0 atom stereocenters. The molecule has 0 aliphatic heterocycles. The predicted octanol–water partition coefficient (Wildman–Crippen LogP) is 16.5. The normalized spacial score (nSPS) is 11.3. The molecular weight excluding hydrogens is 727 g/mol. The Balaban J connectivity index is 1.18. The lowest BCUT2D eigenvalue weighted by molar-refractivity contribution is 0.674. The fourth-order valence-corrected chi connectivity index (χ4v) is 8.67. The van der Waals surface area contributed by atoms with E-state index >= 15 is 0 Å². The maximum Gasteiger partial charge on any atom is 0.145 e. The van der Waals surface area contributed by atoms with Crippen LogP contribution in [0.2, 0.25) is 0 Å². The molecule has 1 heterocycles. The second kappa shape index (κ2) is 15.1. The van der Waals surface area contributed by atoms with Crippen molar-refractivity contribution in [3.8, 4) is 55.6 Å². The van der Waals surface area contributed by atoms with Crippen LogP contribution in [-0.4, -0.2) is 0 Å². The third-order valence-electron chi connectivity index (χ3n) is 11.7. The van der Waals surface area contributed by atoms with Crippen molar-refractivity contribution in [3.63, 3.8) is 0 Å². The van der Waals surface area contributed by atoms with Crippen molar-refractivity contribution < 1.29 is 4.42 Å². The van der Waals surface area contributed by atoms with Gasteiger partial charge in [-0.1, -0.05) is 188 Å². The van der Waals surface area contributed by atoms with Crippen molar-refractivity contribution >= 4 is 49.8 Å². The highest BCUT2D eigenvalue weighted by molar-refractivity contribution is 6.22. The highest BCUT2D eigenvalue weighted by Gasteiger charge is 2.24. The maximum absolute atomic E-state index is 7.17. The zero-order chi connectivity index (χ0) is 39.8. The fourth-order valence-electron chi connectivity index (χ4n) is 8.67. The van der Waals surface area contributed by atoms with Gasteiger partial charge in [0.15, 0.2) is 0 Å². The second-order valence-electron chi connectivity index (χ2n) is 15.3. The summed E-state index contributed by atoms with van der Waals surface area (Å²) in [6.07, 6.45) is 0. The standard InChI is InChI=1S/C58H39NO/c1-5-15-40(16-6-1)44-25-27-47(28-26-44)53-35-36-55(56-54-34-31-46-23-13-14-24-52(46)57(54)60-58(53)56)59(50-32-29-45(30-33-50)41-17-7-2-8-18-41)51-38-48(42-19-9-3-10-20-42)37-49(39-51)43-21-11-4-12-22-43/h1-39H. The van der Waals surface area contributed by atoms with Gasteiger partial charge in [-0.2, -0.15) is 0 Å². The molecule has 10 aromatic carbocycles. The van der Waals surface area contributed by atoms with Crippen LogP contribution in [-0.2, 0) is 0 Å². The minimum Gasteiger partial charge on any atom is -0.455 e. The minimum atomic E-state index is 0.861. The summed E-state index contributed by atoms with van der Waals surface area (Å²) in [7, 11) is 0. The van der Waals surface area contributed by atoms with Crippen LogP contribution in [0.1, 0.15) is 0 Å². The molecule has 0 aliphatic rings. The van der Waals surface area contributed by atoms with Crippen molar-refractivity contribution in [2.75, 3.05) is 4.90 Å². The lowest BCUT2D eigenvalue weighted by atomic mass is 9.95. The van der Waals surface area contributed by atoms with E-state index in [0.29, 0.717) is 0 Å². The highest BCUT2D eigenvalue weighted by atomic mass is 16.3. The third kappa shape index (κ3) is 6.41. The van der Waals surface area contributed by atoms with Gasteiger partial charge < -0.3 is 9.32 Å². The molecule has 0 unspecified atom stereocenters. The van der Waals surface area contributed by atoms with Crippen molar-refractivity contribution in [2.24, 2.45) is 0 Å². The first-order chi connectivity index (χ1) is 29.7. The molecule has 0 fully saturated rings. The molecular formula is C58H39NO. The molecule has 11 aromatic rings. The van der Waals surface area contributed by atoms with Crippen molar-refractivity contribution in [1.29, 1.82) is 0 Å². The average Bonchev–Trinajstić information content (AvgIpc) is 3.74. The van der Waals surface area contributed by atoms with Crippen LogP contribution >= 0.6 is 0 Å². The molecule has 60 heavy (non-hydrogen) atoms. The maximum atomic E-state index is 7.17. The Morgan fingerprint density at radius 2 is 0.750 bits per heavy atom. The summed E-state index contributed by atoms with van der Waals surface area (Å²) in [4.78, 5) is 2.42. The van der Waals surface area contributed by atoms with Gasteiger partial charge in [-0.05, 0) is 104 Å². The van der Waals surface area contributed by atoms with Crippen LogP contribution in [0.15, 0.2) is 241 Å². The number of benzene rings is 10. The van der Waals surface area contributed by atoms with Gasteiger partial charge in [0.05, 0.1) is 11.1 Å². The lowest BCUT2D eigenvalue weighted by Gasteiger charge is -2.28. The molecule has 2 nitrogen and oxygen atoms in total. The number of fused-ring (bicyclic) bond motifs is 5. The van der Waals surface area contributed by atoms with Crippen LogP contribution < -0.4 is 4.90 Å². The van der Waals surface area contributed by atoms with Gasteiger partial charge in [-0.25, -0.2) is 0 Å². The topological polar surface area (TPSA) is 16.4 Å². The summed E-state index contributed by atoms with van der Waals surface area (Å²) in [6, 6.07) is 84.8. The minimum absolute atomic E-state index is 0.861. The summed E-state index contributed by atoms with van der Waals surface area (Å²) < 4.78 is 7.17. The number of nitrogens with zero attached hydrogens (tertiary/aromatic N) is 1. The number of anilines is 3. The van der Waals surface area contributed by atoms with E-state index in [1.807, 2.05) is 0 Å². The second-order valence-corrected chi connectivity index (χ2v) is 15.3. The molecule has 0 radical (unpaired) electrons. The highest BCUT2D eigenvalue weighted by Crippen LogP contribution is 2.48. The molecule has 11 rings (SSSR count). The summed E-state index contributed by atoms with van der Waals surface area (Å²) in [5, 5.41) is 4.39. The Kier molecular flexibility index (Phi) is 8.87. The zero-order valence-electron chi connectivity index (χ0n) is 32.9. The first kappa shape index (κ1) is 35.2. The van der Waals surface area contributed by atoms with Gasteiger partial charge in [0.1, 0.15) is 11.2 Å². The Bertz CT molecular complexity index is 3200. The molecule has 0 spiro atoms. The smallest absolute Gasteiger partial charge is 0.145 e. The van der Waals surface area contributed by atoms with E-state index in [9.17, 15) is 0 Å². The van der Waals surface area contributed by atoms with E-state index in [-0.39, 0.29) is 0 Å². The van der Waals surface area contributed by atoms with Crippen LogP contribution in [0, 0.1) is 0 Å². The monoisotopic (exact) mass is 765 g/mol. The van der Waals surface area contributed by atoms with Gasteiger partial charge in [0.2, 0.25) is 0 Å². The molecule has 2 heteroatoms. The summed E-state index contributed by atoms with van der Waals surface area (Å²) in [6.45, 7) is 0. The quantitative estimate of drug-likeness (QED) is 0.153. The van der Waals surface area contributed by atoms with Crippen molar-refractivity contribution in [3.05, 3.63) is 237 Å². The average molecular weight is 766 g/mol. The van der Waals surface area contributed by atoms with Crippen LogP contribution in [0.4, 0.5) is 17.1 Å². The predicted molar refractivity (Wildman–Crippen MR) is 253 cm³/mol. The Hall–Kier alpha value is -7.94. The Morgan fingerprint density at radius 1 is 0.283 bits per heavy atom. The van der Waals surface area contributed by atoms with Crippen LogP contribution in [0.25, 0.3) is 88.3 Å². The van der Waals surface area contributed by atoms with E-state index in [2.05, 4.69) is 241 Å². The van der Waals surface area contributed by atoms with Gasteiger partial charge in [-0.3, -0.25) is 0 Å². The van der Waals surface area contributed by atoms with E-state index in [1.165, 1.54) is 22.3 Å². The van der Waals surface area contributed by atoms with Gasteiger partial charge in [0, 0.05) is 27.7 Å². The third-order valence-corrected chi connectivity index (χ3v) is 11.7. The molecule has 0 aliphatic carbocycles. The fraction of sp³-hybridized carbons (Fsp3) is 0. The lowest BCUT2D eigenvalue weighted by Crippen LogP contribution is -2.11. The molecule has 0 saturated carbocycles. The van der Waals surface area contributed by atoms with Crippen molar-refractivity contribution in [1.82, 2.24) is 0 Å². The van der Waals surface area contributed by atoms with E-state index in [4.69, 9.17) is 4.42 Å². The number of rotatable bonds is 8.